The van der Waals surface area contributed by atoms with Crippen molar-refractivity contribution in [2.45, 2.75) is 469 Å². The van der Waals surface area contributed by atoms with E-state index in [2.05, 4.69) is 55.6 Å². The van der Waals surface area contributed by atoms with Crippen molar-refractivity contribution in [2.24, 2.45) is 0 Å². The Kier molecular flexibility index (Phi) is 76.8. The van der Waals surface area contributed by atoms with Crippen LogP contribution in [0, 0.1) is 0 Å². The normalized spacial score (nSPS) is 12.6. The van der Waals surface area contributed by atoms with E-state index in [1.54, 1.807) is 0 Å². The molecule has 2 atom stereocenters. The summed E-state index contributed by atoms with van der Waals surface area (Å²) in [6.07, 6.45) is 103. The van der Waals surface area contributed by atoms with Gasteiger partial charge in [-0.1, -0.05) is 397 Å². The number of amides is 1. The van der Waals surface area contributed by atoms with Gasteiger partial charge in [0, 0.05) is 12.8 Å². The van der Waals surface area contributed by atoms with E-state index in [0.29, 0.717) is 25.9 Å². The first-order chi connectivity index (χ1) is 44.0. The lowest BCUT2D eigenvalue weighted by Gasteiger charge is -2.22. The fourth-order valence-corrected chi connectivity index (χ4v) is 13.0. The highest BCUT2D eigenvalue weighted by Gasteiger charge is 2.20. The van der Waals surface area contributed by atoms with Crippen LogP contribution in [0.15, 0.2) is 36.5 Å². The fraction of sp³-hybridized carbons (Fsp3) is 0.904. The quantitative estimate of drug-likeness (QED) is 0.0320. The molecule has 0 heterocycles. The van der Waals surface area contributed by atoms with Gasteiger partial charge in [0.15, 0.2) is 0 Å². The van der Waals surface area contributed by atoms with E-state index in [1.165, 1.54) is 372 Å². The first-order valence-corrected chi connectivity index (χ1v) is 40.7. The lowest BCUT2D eigenvalue weighted by atomic mass is 10.0. The number of ether oxygens (including phenoxy) is 1. The first-order valence-electron chi connectivity index (χ1n) is 40.7. The lowest BCUT2D eigenvalue weighted by Crippen LogP contribution is -2.45. The van der Waals surface area contributed by atoms with E-state index in [-0.39, 0.29) is 18.5 Å². The number of rotatable bonds is 77. The molecule has 0 aromatic heterocycles. The Hall–Kier alpha value is -1.92. The van der Waals surface area contributed by atoms with Crippen LogP contribution in [0.4, 0.5) is 0 Å². The number of aliphatic hydroxyl groups is 2. The summed E-state index contributed by atoms with van der Waals surface area (Å²) in [6.45, 7) is 4.98. The standard InChI is InChI=1S/C83H159NO5/c1-3-5-7-9-11-13-15-17-18-19-20-42-45-48-52-55-59-63-67-71-75-81(86)80(79-85)84-82(87)76-72-68-64-60-56-53-49-46-43-40-38-36-34-32-30-28-26-24-22-21-23-25-27-29-31-33-35-37-39-41-44-47-50-54-58-62-66-70-74-78-89-83(88)77-73-69-65-61-57-51-16-14-12-10-8-6-4-2/h14,16,21-22,25,27,80-81,85-86H,3-13,15,17-20,23-24,26,28-79H2,1-2H3,(H,84,87)/b16-14-,22-21-,27-25-. The summed E-state index contributed by atoms with van der Waals surface area (Å²) in [6, 6.07) is -0.540. The zero-order valence-electron chi connectivity index (χ0n) is 60.4. The SMILES string of the molecule is CCCCCC/C=C\CCCCCCCC(=O)OCCCCCCCCCCCCCCCCC/C=C\C/C=C\CCCCCCCCCCCCCCCCCCCC(=O)NC(CO)C(O)CCCCCCCCCCCCCCCCCCCCCC. The van der Waals surface area contributed by atoms with Gasteiger partial charge in [0.2, 0.25) is 5.91 Å². The molecule has 0 saturated heterocycles. The third-order valence-electron chi connectivity index (χ3n) is 19.2. The monoisotopic (exact) mass is 1250 g/mol. The Morgan fingerprint density at radius 3 is 0.876 bits per heavy atom. The van der Waals surface area contributed by atoms with Gasteiger partial charge in [-0.25, -0.2) is 0 Å². The third kappa shape index (κ3) is 75.0. The number of carbonyl (C=O) groups is 2. The maximum absolute atomic E-state index is 12.6. The Bertz CT molecular complexity index is 1440. The highest BCUT2D eigenvalue weighted by atomic mass is 16.5. The number of unbranched alkanes of at least 4 members (excludes halogenated alkanes) is 60. The van der Waals surface area contributed by atoms with Crippen LogP contribution < -0.4 is 5.32 Å². The number of allylic oxidation sites excluding steroid dienone is 6. The van der Waals surface area contributed by atoms with Crippen molar-refractivity contribution in [3.63, 3.8) is 0 Å². The highest BCUT2D eigenvalue weighted by Crippen LogP contribution is 2.20. The van der Waals surface area contributed by atoms with Gasteiger partial charge in [-0.05, 0) is 83.5 Å². The fourth-order valence-electron chi connectivity index (χ4n) is 13.0. The van der Waals surface area contributed by atoms with E-state index in [4.69, 9.17) is 4.74 Å². The number of carbonyl (C=O) groups excluding carboxylic acids is 2. The summed E-state index contributed by atoms with van der Waals surface area (Å²) in [5.74, 6) is -0.0153. The van der Waals surface area contributed by atoms with Crippen LogP contribution >= 0.6 is 0 Å². The van der Waals surface area contributed by atoms with Gasteiger partial charge in [0.1, 0.15) is 0 Å². The van der Waals surface area contributed by atoms with Crippen molar-refractivity contribution < 1.29 is 24.5 Å². The molecule has 0 aliphatic rings. The van der Waals surface area contributed by atoms with E-state index in [0.717, 1.165) is 51.4 Å². The first kappa shape index (κ1) is 87.1. The van der Waals surface area contributed by atoms with Crippen molar-refractivity contribution in [1.29, 1.82) is 0 Å². The Labute approximate surface area is 557 Å². The number of aliphatic hydroxyl groups excluding tert-OH is 2. The van der Waals surface area contributed by atoms with Crippen LogP contribution in [0.1, 0.15) is 457 Å². The van der Waals surface area contributed by atoms with Gasteiger partial charge in [0.25, 0.3) is 0 Å². The number of hydrogen-bond donors (Lipinski definition) is 3. The number of hydrogen-bond acceptors (Lipinski definition) is 5. The summed E-state index contributed by atoms with van der Waals surface area (Å²) >= 11 is 0. The van der Waals surface area contributed by atoms with Crippen LogP contribution in [-0.4, -0.2) is 47.4 Å². The summed E-state index contributed by atoms with van der Waals surface area (Å²) in [5, 5.41) is 23.4. The third-order valence-corrected chi connectivity index (χ3v) is 19.2. The summed E-state index contributed by atoms with van der Waals surface area (Å²) < 4.78 is 5.49. The molecule has 526 valence electrons. The second kappa shape index (κ2) is 78.5. The maximum atomic E-state index is 12.6. The van der Waals surface area contributed by atoms with E-state index in [9.17, 15) is 19.8 Å². The number of esters is 1. The summed E-state index contributed by atoms with van der Waals surface area (Å²) in [5.41, 5.74) is 0. The molecule has 2 unspecified atom stereocenters. The molecule has 0 radical (unpaired) electrons. The molecular weight excluding hydrogens is 1090 g/mol. The molecule has 0 bridgehead atoms. The smallest absolute Gasteiger partial charge is 0.305 e. The molecule has 0 aromatic rings. The zero-order valence-corrected chi connectivity index (χ0v) is 60.4. The highest BCUT2D eigenvalue weighted by molar-refractivity contribution is 5.76. The Morgan fingerprint density at radius 2 is 0.562 bits per heavy atom. The van der Waals surface area contributed by atoms with Crippen LogP contribution in [-0.2, 0) is 14.3 Å². The minimum atomic E-state index is -0.663. The predicted molar refractivity (Wildman–Crippen MR) is 393 cm³/mol. The molecule has 89 heavy (non-hydrogen) atoms. The van der Waals surface area contributed by atoms with Crippen LogP contribution in [0.2, 0.25) is 0 Å². The van der Waals surface area contributed by atoms with E-state index < -0.39 is 12.1 Å². The average molecular weight is 1250 g/mol. The van der Waals surface area contributed by atoms with Crippen LogP contribution in [0.5, 0.6) is 0 Å². The molecular formula is C83H159NO5. The minimum absolute atomic E-state index is 0.0116. The molecule has 0 spiro atoms. The van der Waals surface area contributed by atoms with E-state index in [1.807, 2.05) is 0 Å². The average Bonchev–Trinajstić information content (AvgIpc) is 3.55. The molecule has 0 aromatic carbocycles. The molecule has 0 aliphatic carbocycles. The van der Waals surface area contributed by atoms with Crippen LogP contribution in [0.3, 0.4) is 0 Å². The Morgan fingerprint density at radius 1 is 0.315 bits per heavy atom. The molecule has 0 aliphatic heterocycles. The molecule has 1 amide bonds. The van der Waals surface area contributed by atoms with Gasteiger partial charge >= 0.3 is 5.97 Å². The largest absolute Gasteiger partial charge is 0.466 e. The summed E-state index contributed by atoms with van der Waals surface area (Å²) in [7, 11) is 0. The van der Waals surface area contributed by atoms with Crippen LogP contribution in [0.25, 0.3) is 0 Å². The zero-order chi connectivity index (χ0) is 64.2. The van der Waals surface area contributed by atoms with Crippen molar-refractivity contribution >= 4 is 11.9 Å². The van der Waals surface area contributed by atoms with Crippen molar-refractivity contribution in [3.8, 4) is 0 Å². The van der Waals surface area contributed by atoms with Gasteiger partial charge in [-0.3, -0.25) is 9.59 Å². The second-order valence-electron chi connectivity index (χ2n) is 28.1. The molecule has 6 heteroatoms. The van der Waals surface area contributed by atoms with Crippen molar-refractivity contribution in [3.05, 3.63) is 36.5 Å². The maximum Gasteiger partial charge on any atom is 0.305 e. The summed E-state index contributed by atoms with van der Waals surface area (Å²) in [4.78, 5) is 24.6. The lowest BCUT2D eigenvalue weighted by molar-refractivity contribution is -0.143. The van der Waals surface area contributed by atoms with E-state index >= 15 is 0 Å². The van der Waals surface area contributed by atoms with Gasteiger partial charge < -0.3 is 20.3 Å². The van der Waals surface area contributed by atoms with Gasteiger partial charge in [0.05, 0.1) is 25.4 Å². The molecule has 0 rings (SSSR count). The predicted octanol–water partition coefficient (Wildman–Crippen LogP) is 27.0. The molecule has 6 nitrogen and oxygen atoms in total. The van der Waals surface area contributed by atoms with Gasteiger partial charge in [-0.2, -0.15) is 0 Å². The van der Waals surface area contributed by atoms with Gasteiger partial charge in [-0.15, -0.1) is 0 Å². The molecule has 0 fully saturated rings. The Balaban J connectivity index is 3.36. The van der Waals surface area contributed by atoms with Crippen molar-refractivity contribution in [2.75, 3.05) is 13.2 Å². The van der Waals surface area contributed by atoms with Crippen molar-refractivity contribution in [1.82, 2.24) is 5.32 Å². The molecule has 0 saturated carbocycles. The number of nitrogens with one attached hydrogen (secondary N) is 1. The minimum Gasteiger partial charge on any atom is -0.466 e. The molecule has 3 N–H and O–H groups in total. The topological polar surface area (TPSA) is 95.9 Å². The second-order valence-corrected chi connectivity index (χ2v) is 28.1.